The van der Waals surface area contributed by atoms with Gasteiger partial charge in [0.1, 0.15) is 60.1 Å². The van der Waals surface area contributed by atoms with E-state index < -0.39 is 120 Å². The van der Waals surface area contributed by atoms with E-state index in [1.165, 1.54) is 29.2 Å². The van der Waals surface area contributed by atoms with Crippen LogP contribution in [0.1, 0.15) is 81.0 Å². The number of H-pyrrole nitrogens is 1. The minimum Gasteiger partial charge on any atom is -0.508 e. The maximum atomic E-state index is 14.9. The predicted molar refractivity (Wildman–Crippen MR) is 340 cm³/mol. The van der Waals surface area contributed by atoms with E-state index in [2.05, 4.69) is 58.3 Å². The third-order valence-corrected chi connectivity index (χ3v) is 15.8. The number of aromatic hydroxyl groups is 1. The van der Waals surface area contributed by atoms with Crippen LogP contribution in [0, 0.1) is 11.3 Å². The van der Waals surface area contributed by atoms with Gasteiger partial charge in [0, 0.05) is 62.3 Å². The van der Waals surface area contributed by atoms with Gasteiger partial charge in [-0.2, -0.15) is 0 Å². The molecule has 0 saturated carbocycles. The van der Waals surface area contributed by atoms with Gasteiger partial charge in [-0.05, 0) is 84.9 Å². The molecular weight excluding hydrogens is 1200 g/mol. The summed E-state index contributed by atoms with van der Waals surface area (Å²) in [6.07, 6.45) is 2.19. The molecule has 2 saturated heterocycles. The Morgan fingerprint density at radius 2 is 1.11 bits per heavy atom. The van der Waals surface area contributed by atoms with Gasteiger partial charge in [-0.25, -0.2) is 10.2 Å². The van der Waals surface area contributed by atoms with Gasteiger partial charge in [0.2, 0.25) is 53.2 Å². The SMILES string of the molecule is CC(C)C[C@H](NC(=O)[C@@H](Cc1ccccc1)NC(=O)[C@H](Cc1ccc(O)cc1)NC(=O)[C@H](CO)NC(=O)[C@H](Cc1c[nH]c2ccccc12)NC(=O)[C@@H](Cc1ccccc1)NC(=O)[C@@H]1CCC(=O)N1)C(=O)N[C@@H](CCCNC(=N)N)C(=O)N1CCC[C@H]1C(=O)NNC(N)=O. The smallest absolute Gasteiger partial charge is 0.330 e. The number of nitrogens with two attached hydrogens (primary N) is 2. The summed E-state index contributed by atoms with van der Waals surface area (Å²) in [4.78, 5) is 157. The molecular formula is C64H82N16O13. The number of phenolic OH excluding ortho intramolecular Hbond substituents is 1. The topological polar surface area (TPSA) is 455 Å². The van der Waals surface area contributed by atoms with Gasteiger partial charge in [-0.3, -0.25) is 58.8 Å². The molecule has 93 heavy (non-hydrogen) atoms. The molecule has 0 unspecified atom stereocenters. The highest BCUT2D eigenvalue weighted by Crippen LogP contribution is 2.22. The van der Waals surface area contributed by atoms with Crippen molar-refractivity contribution in [1.29, 1.82) is 5.41 Å². The molecule has 496 valence electrons. The number of carbonyl (C=O) groups is 11. The van der Waals surface area contributed by atoms with Gasteiger partial charge >= 0.3 is 6.03 Å². The lowest BCUT2D eigenvalue weighted by Crippen LogP contribution is -2.61. The zero-order valence-corrected chi connectivity index (χ0v) is 51.6. The number of benzene rings is 4. The average Bonchev–Trinajstić information content (AvgIpc) is 1.85. The van der Waals surface area contributed by atoms with Crippen LogP contribution in [0.15, 0.2) is 115 Å². The van der Waals surface area contributed by atoms with Crippen molar-refractivity contribution in [3.63, 3.8) is 0 Å². The van der Waals surface area contributed by atoms with E-state index >= 15 is 0 Å². The monoisotopic (exact) mass is 1280 g/mol. The number of aromatic nitrogens is 1. The van der Waals surface area contributed by atoms with E-state index in [0.29, 0.717) is 39.6 Å². The number of hydrazine groups is 1. The number of para-hydroxylation sites is 1. The molecule has 19 N–H and O–H groups in total. The fraction of sp³-hybridized carbons (Fsp3) is 0.406. The second kappa shape index (κ2) is 34.0. The van der Waals surface area contributed by atoms with Crippen LogP contribution in [-0.2, 0) is 73.6 Å². The normalized spacial score (nSPS) is 16.6. The first-order chi connectivity index (χ1) is 44.5. The van der Waals surface area contributed by atoms with E-state index in [0.717, 1.165) is 0 Å². The number of aromatic amines is 1. The number of rotatable bonds is 31. The molecule has 0 radical (unpaired) electrons. The number of hydrogen-bond acceptors (Lipinski definition) is 14. The number of hydrogen-bond donors (Lipinski definition) is 17. The Morgan fingerprint density at radius 3 is 1.66 bits per heavy atom. The number of phenols is 1. The lowest BCUT2D eigenvalue weighted by molar-refractivity contribution is -0.142. The summed E-state index contributed by atoms with van der Waals surface area (Å²) in [5.41, 5.74) is 17.8. The molecule has 29 nitrogen and oxygen atoms in total. The van der Waals surface area contributed by atoms with Crippen molar-refractivity contribution in [2.75, 3.05) is 19.7 Å². The van der Waals surface area contributed by atoms with Crippen molar-refractivity contribution >= 4 is 82.0 Å². The molecule has 4 aromatic carbocycles. The number of primary amides is 1. The Kier molecular flexibility index (Phi) is 25.6. The molecule has 2 aliphatic heterocycles. The van der Waals surface area contributed by atoms with Crippen molar-refractivity contribution in [2.45, 2.75) is 139 Å². The number of guanidine groups is 1. The van der Waals surface area contributed by atoms with E-state index in [-0.39, 0.29) is 101 Å². The van der Waals surface area contributed by atoms with Crippen molar-refractivity contribution in [3.05, 3.63) is 138 Å². The average molecular weight is 1280 g/mol. The number of urea groups is 1. The number of aliphatic hydroxyl groups excluding tert-OH is 1. The van der Waals surface area contributed by atoms with Crippen LogP contribution in [-0.4, -0.2) is 165 Å². The minimum absolute atomic E-state index is 0.0119. The van der Waals surface area contributed by atoms with Gasteiger partial charge in [0.05, 0.1) is 6.61 Å². The second-order valence-electron chi connectivity index (χ2n) is 23.4. The van der Waals surface area contributed by atoms with Crippen LogP contribution in [0.4, 0.5) is 4.79 Å². The molecule has 12 amide bonds. The fourth-order valence-corrected chi connectivity index (χ4v) is 11.0. The van der Waals surface area contributed by atoms with Gasteiger partial charge in [-0.1, -0.05) is 105 Å². The summed E-state index contributed by atoms with van der Waals surface area (Å²) in [5.74, 6) is -8.38. The van der Waals surface area contributed by atoms with Crippen molar-refractivity contribution in [3.8, 4) is 5.75 Å². The first-order valence-electron chi connectivity index (χ1n) is 30.7. The largest absolute Gasteiger partial charge is 0.508 e. The highest BCUT2D eigenvalue weighted by molar-refractivity contribution is 6.00. The molecule has 9 atom stereocenters. The highest BCUT2D eigenvalue weighted by atomic mass is 16.3. The minimum atomic E-state index is -1.78. The summed E-state index contributed by atoms with van der Waals surface area (Å²) in [5, 5.41) is 53.5. The van der Waals surface area contributed by atoms with Crippen molar-refractivity contribution in [1.82, 2.24) is 68.6 Å². The number of carbonyl (C=O) groups excluding carboxylic acids is 11. The van der Waals surface area contributed by atoms with Crippen LogP contribution in [0.25, 0.3) is 10.9 Å². The van der Waals surface area contributed by atoms with Gasteiger partial charge in [0.15, 0.2) is 5.96 Å². The number of aliphatic hydroxyl groups is 1. The van der Waals surface area contributed by atoms with Gasteiger partial charge in [-0.15, -0.1) is 0 Å². The zero-order valence-electron chi connectivity index (χ0n) is 51.6. The predicted octanol–water partition coefficient (Wildman–Crippen LogP) is -1.19. The lowest BCUT2D eigenvalue weighted by Gasteiger charge is -2.30. The van der Waals surface area contributed by atoms with E-state index in [4.69, 9.17) is 16.9 Å². The third-order valence-electron chi connectivity index (χ3n) is 15.8. The number of nitrogens with zero attached hydrogens (tertiary/aromatic N) is 1. The summed E-state index contributed by atoms with van der Waals surface area (Å²) in [6, 6.07) is 17.1. The van der Waals surface area contributed by atoms with Crippen LogP contribution in [0.5, 0.6) is 5.75 Å². The van der Waals surface area contributed by atoms with Gasteiger partial charge < -0.3 is 79.4 Å². The first-order valence-corrected chi connectivity index (χ1v) is 30.7. The Bertz CT molecular complexity index is 3460. The van der Waals surface area contributed by atoms with Crippen molar-refractivity contribution < 1.29 is 63.0 Å². The summed E-state index contributed by atoms with van der Waals surface area (Å²) in [7, 11) is 0. The van der Waals surface area contributed by atoms with E-state index in [1.807, 2.05) is 11.5 Å². The molecule has 0 aliphatic carbocycles. The Balaban J connectivity index is 1.13. The second-order valence-corrected chi connectivity index (χ2v) is 23.4. The Morgan fingerprint density at radius 1 is 0.602 bits per heavy atom. The summed E-state index contributed by atoms with van der Waals surface area (Å²) in [6.45, 7) is 2.82. The van der Waals surface area contributed by atoms with Crippen LogP contribution < -0.4 is 70.2 Å². The Labute approximate surface area is 536 Å². The zero-order chi connectivity index (χ0) is 67.1. The quantitative estimate of drug-likeness (QED) is 0.0107. The van der Waals surface area contributed by atoms with E-state index in [1.54, 1.807) is 98.9 Å². The van der Waals surface area contributed by atoms with E-state index in [9.17, 15) is 63.0 Å². The molecule has 2 fully saturated rings. The number of nitrogens with one attached hydrogen (secondary N) is 13. The number of fused-ring (bicyclic) bond motifs is 1. The maximum absolute atomic E-state index is 14.9. The standard InChI is InChI=1S/C64H82N16O13/c1-36(2)29-46(55(85)71-45(19-11-27-68-63(65)66)62(92)80-28-12-20-52(80)61(91)78-79-64(67)93)72-56(86)48(31-38-15-7-4-8-16-38)74-57(87)49(32-39-21-23-41(82)24-22-39)75-60(90)51(35-81)77-59(89)50(33-40-34-69-43-18-10-9-17-42(40)43)76-58(88)47(30-37-13-5-3-6-14-37)73-54(84)44-25-26-53(83)70-44/h3-10,13-18,21-24,34,36,44-52,69,81-82H,11-12,19-20,25-33,35H2,1-2H3,(H,70,83)(H,71,85)(H,72,86)(H,73,84)(H,74,87)(H,75,90)(H,76,88)(H,77,89)(H,78,91)(H4,65,66,68)(H3,67,79,93)/t44-,45-,46-,47+,48+,49-,50-,51-,52-/m0/s1. The third kappa shape index (κ3) is 21.0. The van der Waals surface area contributed by atoms with Crippen LogP contribution >= 0.6 is 0 Å². The first kappa shape index (κ1) is 69.9. The van der Waals surface area contributed by atoms with Crippen LogP contribution in [0.2, 0.25) is 0 Å². The summed E-state index contributed by atoms with van der Waals surface area (Å²) < 4.78 is 0. The van der Waals surface area contributed by atoms with Gasteiger partial charge in [0.25, 0.3) is 5.91 Å². The molecule has 0 bridgehead atoms. The summed E-state index contributed by atoms with van der Waals surface area (Å²) >= 11 is 0. The molecule has 0 spiro atoms. The molecule has 1 aromatic heterocycles. The van der Waals surface area contributed by atoms with Crippen molar-refractivity contribution in [2.24, 2.45) is 17.4 Å². The number of likely N-dealkylation sites (tertiary alicyclic amines) is 1. The highest BCUT2D eigenvalue weighted by Gasteiger charge is 2.40. The van der Waals surface area contributed by atoms with Crippen LogP contribution in [0.3, 0.4) is 0 Å². The molecule has 29 heteroatoms. The molecule has 3 heterocycles. The maximum Gasteiger partial charge on any atom is 0.330 e. The Hall–Kier alpha value is -10.6. The number of amides is 12. The lowest BCUT2D eigenvalue weighted by atomic mass is 9.99. The molecule has 2 aliphatic rings. The molecule has 7 rings (SSSR count). The fourth-order valence-electron chi connectivity index (χ4n) is 11.0. The molecule has 5 aromatic rings.